The molecule has 0 spiro atoms. The van der Waals surface area contributed by atoms with Gasteiger partial charge in [-0.25, -0.2) is 4.79 Å². The van der Waals surface area contributed by atoms with E-state index in [9.17, 15) is 50.4 Å². The lowest BCUT2D eigenvalue weighted by Crippen LogP contribution is -2.39. The van der Waals surface area contributed by atoms with Gasteiger partial charge in [0.2, 0.25) is 0 Å². The monoisotopic (exact) mass is 464 g/mol. The first-order valence-electron chi connectivity index (χ1n) is 9.07. The third-order valence-electron chi connectivity index (χ3n) is 4.53. The standard InChI is InChI=1S/C17H16N6O10/c18-7-1-2-14(17(24)25)19(12-5-3-10(20(26)27)8-15(12)22(30)31)13-6-4-11(21(28)29)9-16(13)23(32)33/h3-6,8-9,14H,1-2,7,18H2,(H,24,25)/t14-/m0/s1. The second-order valence-corrected chi connectivity index (χ2v) is 6.53. The van der Waals surface area contributed by atoms with Gasteiger partial charge >= 0.3 is 5.97 Å². The van der Waals surface area contributed by atoms with Crippen LogP contribution < -0.4 is 10.6 Å². The zero-order valence-corrected chi connectivity index (χ0v) is 16.6. The van der Waals surface area contributed by atoms with Crippen molar-refractivity contribution in [2.45, 2.75) is 18.9 Å². The van der Waals surface area contributed by atoms with Gasteiger partial charge in [-0.1, -0.05) is 0 Å². The molecule has 2 aromatic carbocycles. The number of benzene rings is 2. The van der Waals surface area contributed by atoms with Crippen LogP contribution in [0.25, 0.3) is 0 Å². The van der Waals surface area contributed by atoms with E-state index < -0.39 is 65.8 Å². The second-order valence-electron chi connectivity index (χ2n) is 6.53. The van der Waals surface area contributed by atoms with Crippen LogP contribution in [0.4, 0.5) is 34.1 Å². The Labute approximate surface area is 183 Å². The number of non-ortho nitro benzene ring substituents is 2. The highest BCUT2D eigenvalue weighted by Crippen LogP contribution is 2.43. The summed E-state index contributed by atoms with van der Waals surface area (Å²) in [6.45, 7) is 0.0301. The van der Waals surface area contributed by atoms with Crippen LogP contribution in [0, 0.1) is 40.5 Å². The number of hydrogen-bond acceptors (Lipinski definition) is 11. The predicted molar refractivity (Wildman–Crippen MR) is 111 cm³/mol. The molecule has 0 aromatic heterocycles. The van der Waals surface area contributed by atoms with E-state index in [1.165, 1.54) is 0 Å². The first-order valence-corrected chi connectivity index (χ1v) is 9.07. The maximum Gasteiger partial charge on any atom is 0.326 e. The Balaban J connectivity index is 2.91. The number of nitro groups is 4. The van der Waals surface area contributed by atoms with E-state index >= 15 is 0 Å². The Kier molecular flexibility index (Phi) is 7.47. The summed E-state index contributed by atoms with van der Waals surface area (Å²) in [6, 6.07) is 3.06. The van der Waals surface area contributed by atoms with Crippen LogP contribution >= 0.6 is 0 Å². The van der Waals surface area contributed by atoms with Crippen molar-refractivity contribution in [3.63, 3.8) is 0 Å². The van der Waals surface area contributed by atoms with Crippen LogP contribution in [0.5, 0.6) is 0 Å². The van der Waals surface area contributed by atoms with Crippen molar-refractivity contribution in [2.24, 2.45) is 5.73 Å². The molecule has 0 unspecified atom stereocenters. The first-order chi connectivity index (χ1) is 15.5. The van der Waals surface area contributed by atoms with E-state index in [0.29, 0.717) is 12.1 Å². The van der Waals surface area contributed by atoms with Crippen molar-refractivity contribution in [3.05, 3.63) is 76.9 Å². The van der Waals surface area contributed by atoms with Gasteiger partial charge in [0.15, 0.2) is 0 Å². The molecule has 33 heavy (non-hydrogen) atoms. The molecule has 3 N–H and O–H groups in total. The molecule has 0 amide bonds. The van der Waals surface area contributed by atoms with Gasteiger partial charge in [-0.15, -0.1) is 0 Å². The maximum atomic E-state index is 12.1. The molecule has 174 valence electrons. The van der Waals surface area contributed by atoms with Crippen molar-refractivity contribution in [2.75, 3.05) is 11.4 Å². The summed E-state index contributed by atoms with van der Waals surface area (Å²) in [4.78, 5) is 54.5. The average molecular weight is 464 g/mol. The van der Waals surface area contributed by atoms with Gasteiger partial charge in [0.25, 0.3) is 22.7 Å². The summed E-state index contributed by atoms with van der Waals surface area (Å²) in [7, 11) is 0. The quantitative estimate of drug-likeness (QED) is 0.360. The van der Waals surface area contributed by atoms with Crippen LogP contribution in [0.3, 0.4) is 0 Å². The maximum absolute atomic E-state index is 12.1. The number of hydrogen-bond donors (Lipinski definition) is 2. The number of carbonyl (C=O) groups is 1. The minimum atomic E-state index is -1.63. The molecule has 0 bridgehead atoms. The molecular formula is C17H16N6O10. The molecule has 2 aromatic rings. The summed E-state index contributed by atoms with van der Waals surface area (Å²) in [5, 5.41) is 55.3. The van der Waals surface area contributed by atoms with Crippen LogP contribution in [-0.2, 0) is 4.79 Å². The van der Waals surface area contributed by atoms with Crippen molar-refractivity contribution < 1.29 is 29.6 Å². The number of carboxylic acid groups (broad SMARTS) is 1. The highest BCUT2D eigenvalue weighted by molar-refractivity contribution is 5.88. The topological polar surface area (TPSA) is 239 Å². The minimum absolute atomic E-state index is 0.0301. The number of rotatable bonds is 11. The molecule has 2 rings (SSSR count). The number of aliphatic carboxylic acids is 1. The van der Waals surface area contributed by atoms with Crippen LogP contribution in [0.2, 0.25) is 0 Å². The van der Waals surface area contributed by atoms with E-state index in [1.807, 2.05) is 0 Å². The number of nitrogens with zero attached hydrogens (tertiary/aromatic N) is 5. The van der Waals surface area contributed by atoms with Gasteiger partial charge in [0.1, 0.15) is 17.4 Å². The van der Waals surface area contributed by atoms with E-state index in [1.54, 1.807) is 0 Å². The molecule has 0 saturated carbocycles. The SMILES string of the molecule is NCCC[C@@H](C(=O)O)N(c1ccc([N+](=O)[O-])cc1[N+](=O)[O-])c1ccc([N+](=O)[O-])cc1[N+](=O)[O-]. The molecule has 0 aliphatic carbocycles. The van der Waals surface area contributed by atoms with Crippen molar-refractivity contribution in [1.29, 1.82) is 0 Å². The van der Waals surface area contributed by atoms with Crippen molar-refractivity contribution >= 4 is 40.1 Å². The third-order valence-corrected chi connectivity index (χ3v) is 4.53. The molecule has 1 atom stereocenters. The Bertz CT molecular complexity index is 1060. The van der Waals surface area contributed by atoms with Crippen molar-refractivity contribution in [3.8, 4) is 0 Å². The fourth-order valence-corrected chi connectivity index (χ4v) is 3.09. The van der Waals surface area contributed by atoms with Gasteiger partial charge < -0.3 is 15.7 Å². The molecule has 0 radical (unpaired) electrons. The van der Waals surface area contributed by atoms with Gasteiger partial charge in [0.05, 0.1) is 31.8 Å². The van der Waals surface area contributed by atoms with Gasteiger partial charge in [0, 0.05) is 12.1 Å². The molecule has 0 heterocycles. The summed E-state index contributed by atoms with van der Waals surface area (Å²) in [5.74, 6) is -1.52. The van der Waals surface area contributed by atoms with Crippen LogP contribution in [-0.4, -0.2) is 43.4 Å². The lowest BCUT2D eigenvalue weighted by atomic mass is 10.0. The number of nitro benzene ring substituents is 4. The Morgan fingerprint density at radius 1 is 0.848 bits per heavy atom. The van der Waals surface area contributed by atoms with E-state index in [0.717, 1.165) is 29.2 Å². The summed E-state index contributed by atoms with van der Waals surface area (Å²) in [5.41, 5.74) is 1.33. The van der Waals surface area contributed by atoms with Gasteiger partial charge in [-0.2, -0.15) is 0 Å². The minimum Gasteiger partial charge on any atom is -0.480 e. The molecule has 0 aliphatic rings. The highest BCUT2D eigenvalue weighted by Gasteiger charge is 2.37. The number of carboxylic acids is 1. The summed E-state index contributed by atoms with van der Waals surface area (Å²) >= 11 is 0. The summed E-state index contributed by atoms with van der Waals surface area (Å²) < 4.78 is 0. The third kappa shape index (κ3) is 5.31. The van der Waals surface area contributed by atoms with Gasteiger partial charge in [-0.3, -0.25) is 40.5 Å². The van der Waals surface area contributed by atoms with Crippen LogP contribution in [0.1, 0.15) is 12.8 Å². The summed E-state index contributed by atoms with van der Waals surface area (Å²) in [6.07, 6.45) is -0.108. The average Bonchev–Trinajstić information content (AvgIpc) is 2.75. The lowest BCUT2D eigenvalue weighted by Gasteiger charge is -2.30. The largest absolute Gasteiger partial charge is 0.480 e. The number of nitrogens with two attached hydrogens (primary N) is 1. The smallest absolute Gasteiger partial charge is 0.326 e. The molecule has 0 fully saturated rings. The zero-order chi connectivity index (χ0) is 24.9. The van der Waals surface area contributed by atoms with Gasteiger partial charge in [-0.05, 0) is 31.5 Å². The fraction of sp³-hybridized carbons (Fsp3) is 0.235. The Hall–Kier alpha value is -4.73. The number of anilines is 2. The Morgan fingerprint density at radius 3 is 1.58 bits per heavy atom. The zero-order valence-electron chi connectivity index (χ0n) is 16.6. The van der Waals surface area contributed by atoms with Crippen molar-refractivity contribution in [1.82, 2.24) is 0 Å². The van der Waals surface area contributed by atoms with E-state index in [4.69, 9.17) is 5.73 Å². The normalized spacial score (nSPS) is 11.4. The van der Waals surface area contributed by atoms with E-state index in [-0.39, 0.29) is 19.4 Å². The van der Waals surface area contributed by atoms with E-state index in [2.05, 4.69) is 0 Å². The lowest BCUT2D eigenvalue weighted by molar-refractivity contribution is -0.393. The fourth-order valence-electron chi connectivity index (χ4n) is 3.09. The molecule has 0 saturated heterocycles. The molecule has 16 nitrogen and oxygen atoms in total. The molecule has 0 aliphatic heterocycles. The van der Waals surface area contributed by atoms with Crippen LogP contribution in [0.15, 0.2) is 36.4 Å². The molecular weight excluding hydrogens is 448 g/mol. The Morgan fingerprint density at radius 2 is 1.27 bits per heavy atom. The second kappa shape index (κ2) is 10.1. The molecule has 16 heteroatoms. The highest BCUT2D eigenvalue weighted by atomic mass is 16.6. The first kappa shape index (κ1) is 24.5. The predicted octanol–water partition coefficient (Wildman–Crippen LogP) is 2.65.